The van der Waals surface area contributed by atoms with Crippen molar-refractivity contribution >= 4 is 21.6 Å². The van der Waals surface area contributed by atoms with Crippen LogP contribution in [0.2, 0.25) is 0 Å². The molecule has 0 amide bonds. The van der Waals surface area contributed by atoms with Crippen molar-refractivity contribution in [2.75, 3.05) is 23.5 Å². The molecule has 3 N–H and O–H groups in total. The van der Waals surface area contributed by atoms with Crippen LogP contribution < -0.4 is 10.5 Å². The van der Waals surface area contributed by atoms with Crippen LogP contribution in [0.5, 0.6) is 0 Å². The lowest BCUT2D eigenvalue weighted by Gasteiger charge is -2.26. The average molecular weight is 323 g/mol. The number of nitrogen functional groups attached to an aromatic ring is 1. The van der Waals surface area contributed by atoms with E-state index in [1.54, 1.807) is 0 Å². The normalized spacial score (nSPS) is 17.7. The molecule has 0 spiro atoms. The second-order valence-corrected chi connectivity index (χ2v) is 6.54. The lowest BCUT2D eigenvalue weighted by molar-refractivity contribution is -0.137. The molecule has 1 aromatic rings. The Hall–Kier alpha value is -1.48. The maximum atomic E-state index is 12.5. The van der Waals surface area contributed by atoms with E-state index in [4.69, 9.17) is 5.73 Å². The molecule has 2 rings (SSSR count). The molecule has 21 heavy (non-hydrogen) atoms. The highest BCUT2D eigenvalue weighted by Gasteiger charge is 2.31. The van der Waals surface area contributed by atoms with Crippen molar-refractivity contribution in [3.05, 3.63) is 23.8 Å². The van der Waals surface area contributed by atoms with Crippen molar-refractivity contribution in [2.45, 2.75) is 25.4 Å². The smallest absolute Gasteiger partial charge is 0.397 e. The molecule has 1 saturated heterocycles. The van der Waals surface area contributed by atoms with Crippen molar-refractivity contribution in [2.24, 2.45) is 0 Å². The molecule has 0 aromatic heterocycles. The van der Waals surface area contributed by atoms with Gasteiger partial charge in [-0.1, -0.05) is 6.42 Å². The van der Waals surface area contributed by atoms with E-state index in [-0.39, 0.29) is 11.4 Å². The van der Waals surface area contributed by atoms with Crippen LogP contribution in [0, 0.1) is 0 Å². The quantitative estimate of drug-likeness (QED) is 0.839. The molecule has 1 aliphatic rings. The van der Waals surface area contributed by atoms with Gasteiger partial charge in [-0.2, -0.15) is 25.9 Å². The van der Waals surface area contributed by atoms with Gasteiger partial charge >= 0.3 is 16.4 Å². The standard InChI is InChI=1S/C12H16F3N3O2S/c13-12(14,15)9-4-5-11(10(16)8-9)17-21(19,20)18-6-2-1-3-7-18/h4-5,8,17H,1-3,6-7,16H2. The van der Waals surface area contributed by atoms with Gasteiger partial charge in [-0.25, -0.2) is 0 Å². The van der Waals surface area contributed by atoms with E-state index in [1.165, 1.54) is 4.31 Å². The molecule has 1 heterocycles. The minimum atomic E-state index is -4.52. The minimum Gasteiger partial charge on any atom is -0.397 e. The van der Waals surface area contributed by atoms with Gasteiger partial charge in [0.15, 0.2) is 0 Å². The summed E-state index contributed by atoms with van der Waals surface area (Å²) < 4.78 is 65.3. The van der Waals surface area contributed by atoms with Gasteiger partial charge in [0.25, 0.3) is 0 Å². The van der Waals surface area contributed by atoms with Gasteiger partial charge in [-0.3, -0.25) is 4.72 Å². The number of hydrogen-bond donors (Lipinski definition) is 2. The van der Waals surface area contributed by atoms with Crippen molar-refractivity contribution < 1.29 is 21.6 Å². The van der Waals surface area contributed by atoms with Gasteiger partial charge in [0.2, 0.25) is 0 Å². The van der Waals surface area contributed by atoms with Crippen molar-refractivity contribution in [3.63, 3.8) is 0 Å². The Morgan fingerprint density at radius 1 is 1.14 bits per heavy atom. The number of nitrogens with one attached hydrogen (secondary N) is 1. The van der Waals surface area contributed by atoms with E-state index < -0.39 is 21.9 Å². The van der Waals surface area contributed by atoms with E-state index in [9.17, 15) is 21.6 Å². The molecule has 1 aliphatic heterocycles. The molecule has 118 valence electrons. The topological polar surface area (TPSA) is 75.4 Å². The lowest BCUT2D eigenvalue weighted by atomic mass is 10.2. The number of halogens is 3. The number of rotatable bonds is 3. The molecule has 0 unspecified atom stereocenters. The van der Waals surface area contributed by atoms with E-state index in [0.717, 1.165) is 31.4 Å². The van der Waals surface area contributed by atoms with Crippen LogP contribution in [0.1, 0.15) is 24.8 Å². The van der Waals surface area contributed by atoms with Crippen LogP contribution in [0.3, 0.4) is 0 Å². The van der Waals surface area contributed by atoms with E-state index in [0.29, 0.717) is 19.2 Å². The largest absolute Gasteiger partial charge is 0.416 e. The molecule has 0 radical (unpaired) electrons. The summed E-state index contributed by atoms with van der Waals surface area (Å²) in [6.45, 7) is 0.797. The highest BCUT2D eigenvalue weighted by atomic mass is 32.2. The van der Waals surface area contributed by atoms with E-state index >= 15 is 0 Å². The third kappa shape index (κ3) is 3.79. The van der Waals surface area contributed by atoms with E-state index in [1.807, 2.05) is 0 Å². The number of nitrogens with zero attached hydrogens (tertiary/aromatic N) is 1. The molecular weight excluding hydrogens is 307 g/mol. The first-order valence-electron chi connectivity index (χ1n) is 6.45. The van der Waals surface area contributed by atoms with Crippen molar-refractivity contribution in [3.8, 4) is 0 Å². The Morgan fingerprint density at radius 3 is 2.29 bits per heavy atom. The second-order valence-electron chi connectivity index (χ2n) is 4.87. The van der Waals surface area contributed by atoms with Crippen molar-refractivity contribution in [1.82, 2.24) is 4.31 Å². The van der Waals surface area contributed by atoms with Crippen LogP contribution >= 0.6 is 0 Å². The minimum absolute atomic E-state index is 0.0476. The molecule has 0 atom stereocenters. The van der Waals surface area contributed by atoms with Gasteiger partial charge < -0.3 is 5.73 Å². The number of nitrogens with two attached hydrogens (primary N) is 1. The first kappa shape index (κ1) is 15.9. The first-order valence-corrected chi connectivity index (χ1v) is 7.89. The average Bonchev–Trinajstić information content (AvgIpc) is 2.41. The Balaban J connectivity index is 2.19. The summed E-state index contributed by atoms with van der Waals surface area (Å²) in [5.74, 6) is 0. The predicted molar refractivity (Wildman–Crippen MR) is 73.8 cm³/mol. The summed E-state index contributed by atoms with van der Waals surface area (Å²) in [6.07, 6.45) is -2.01. The molecule has 0 bridgehead atoms. The summed E-state index contributed by atoms with van der Waals surface area (Å²) in [4.78, 5) is 0. The lowest BCUT2D eigenvalue weighted by Crippen LogP contribution is -2.39. The van der Waals surface area contributed by atoms with Crippen LogP contribution in [-0.4, -0.2) is 25.8 Å². The summed E-state index contributed by atoms with van der Waals surface area (Å²) in [7, 11) is -3.79. The zero-order valence-corrected chi connectivity index (χ0v) is 12.0. The maximum Gasteiger partial charge on any atom is 0.416 e. The van der Waals surface area contributed by atoms with Crippen LogP contribution in [-0.2, 0) is 16.4 Å². The molecular formula is C12H16F3N3O2S. The first-order chi connectivity index (χ1) is 9.70. The second kappa shape index (κ2) is 5.72. The predicted octanol–water partition coefficient (Wildman–Crippen LogP) is 2.43. The number of anilines is 2. The molecule has 0 saturated carbocycles. The van der Waals surface area contributed by atoms with Gasteiger partial charge in [0.1, 0.15) is 0 Å². The van der Waals surface area contributed by atoms with E-state index in [2.05, 4.69) is 4.72 Å². The van der Waals surface area contributed by atoms with Gasteiger partial charge in [0.05, 0.1) is 16.9 Å². The molecule has 9 heteroatoms. The molecule has 1 aromatic carbocycles. The van der Waals surface area contributed by atoms with Crippen molar-refractivity contribution in [1.29, 1.82) is 0 Å². The maximum absolute atomic E-state index is 12.5. The van der Waals surface area contributed by atoms with Gasteiger partial charge in [0, 0.05) is 13.1 Å². The van der Waals surface area contributed by atoms with Crippen LogP contribution in [0.25, 0.3) is 0 Å². The molecule has 5 nitrogen and oxygen atoms in total. The highest BCUT2D eigenvalue weighted by Crippen LogP contribution is 2.33. The zero-order chi connectivity index (χ0) is 15.7. The van der Waals surface area contributed by atoms with Gasteiger partial charge in [-0.05, 0) is 31.0 Å². The Bertz CT molecular complexity index is 611. The Morgan fingerprint density at radius 2 is 1.76 bits per heavy atom. The summed E-state index contributed by atoms with van der Waals surface area (Å²) in [5.41, 5.74) is 4.29. The number of piperidine rings is 1. The summed E-state index contributed by atoms with van der Waals surface area (Å²) in [6, 6.07) is 2.54. The molecule has 1 fully saturated rings. The SMILES string of the molecule is Nc1cc(C(F)(F)F)ccc1NS(=O)(=O)N1CCCCC1. The fourth-order valence-corrected chi connectivity index (χ4v) is 3.47. The summed E-state index contributed by atoms with van der Waals surface area (Å²) in [5, 5.41) is 0. The number of hydrogen-bond acceptors (Lipinski definition) is 3. The van der Waals surface area contributed by atoms with Gasteiger partial charge in [-0.15, -0.1) is 0 Å². The third-order valence-corrected chi connectivity index (χ3v) is 4.80. The molecule has 0 aliphatic carbocycles. The third-order valence-electron chi connectivity index (χ3n) is 3.27. The fourth-order valence-electron chi connectivity index (χ4n) is 2.14. The summed E-state index contributed by atoms with van der Waals surface area (Å²) >= 11 is 0. The monoisotopic (exact) mass is 323 g/mol. The fraction of sp³-hybridized carbons (Fsp3) is 0.500. The number of alkyl halides is 3. The van der Waals surface area contributed by atoms with Crippen LogP contribution in [0.4, 0.5) is 24.5 Å². The Kier molecular flexibility index (Phi) is 4.33. The number of benzene rings is 1. The Labute approximate surface area is 121 Å². The van der Waals surface area contributed by atoms with Crippen LogP contribution in [0.15, 0.2) is 18.2 Å². The zero-order valence-electron chi connectivity index (χ0n) is 11.2. The highest BCUT2D eigenvalue weighted by molar-refractivity contribution is 7.90.